The number of nitrogens with zero attached hydrogens (tertiary/aromatic N) is 2. The molecule has 0 atom stereocenters. The van der Waals surface area contributed by atoms with Crippen molar-refractivity contribution in [2.24, 2.45) is 5.92 Å². The highest BCUT2D eigenvalue weighted by molar-refractivity contribution is 6.31. The zero-order chi connectivity index (χ0) is 20.8. The molecule has 0 aliphatic carbocycles. The molecule has 2 heterocycles. The van der Waals surface area contributed by atoms with E-state index >= 15 is 0 Å². The third-order valence-corrected chi connectivity index (χ3v) is 6.06. The van der Waals surface area contributed by atoms with Crippen molar-refractivity contribution in [1.29, 1.82) is 0 Å². The predicted octanol–water partition coefficient (Wildman–Crippen LogP) is 5.18. The molecule has 154 valence electrons. The van der Waals surface area contributed by atoms with Crippen molar-refractivity contribution in [3.63, 3.8) is 0 Å². The van der Waals surface area contributed by atoms with Crippen LogP contribution in [0.1, 0.15) is 29.5 Å². The summed E-state index contributed by atoms with van der Waals surface area (Å²) >= 11 is 6.28. The Labute approximate surface area is 182 Å². The van der Waals surface area contributed by atoms with Crippen molar-refractivity contribution >= 4 is 23.2 Å². The van der Waals surface area contributed by atoms with E-state index in [1.54, 1.807) is 0 Å². The Morgan fingerprint density at radius 2 is 1.63 bits per heavy atom. The zero-order valence-corrected chi connectivity index (χ0v) is 17.7. The number of hydrogen-bond acceptors (Lipinski definition) is 3. The zero-order valence-electron chi connectivity index (χ0n) is 16.9. The minimum absolute atomic E-state index is 0.0593. The summed E-state index contributed by atoms with van der Waals surface area (Å²) in [5, 5.41) is 3.90. The molecular formula is C25H26ClN3O. The van der Waals surface area contributed by atoms with Gasteiger partial charge in [0, 0.05) is 35.6 Å². The van der Waals surface area contributed by atoms with Gasteiger partial charge in [-0.3, -0.25) is 14.7 Å². The third kappa shape index (κ3) is 5.47. The Morgan fingerprint density at radius 1 is 0.967 bits per heavy atom. The lowest BCUT2D eigenvalue weighted by atomic mass is 9.95. The molecule has 30 heavy (non-hydrogen) atoms. The van der Waals surface area contributed by atoms with Crippen LogP contribution in [0.25, 0.3) is 0 Å². The predicted molar refractivity (Wildman–Crippen MR) is 122 cm³/mol. The van der Waals surface area contributed by atoms with Gasteiger partial charge in [-0.1, -0.05) is 41.9 Å². The molecule has 0 unspecified atom stereocenters. The van der Waals surface area contributed by atoms with Crippen LogP contribution in [0.4, 0.5) is 5.69 Å². The summed E-state index contributed by atoms with van der Waals surface area (Å²) in [4.78, 5) is 19.1. The summed E-state index contributed by atoms with van der Waals surface area (Å²) in [6, 6.07) is 20.1. The molecule has 1 amide bonds. The van der Waals surface area contributed by atoms with Crippen molar-refractivity contribution in [1.82, 2.24) is 9.88 Å². The van der Waals surface area contributed by atoms with Crippen molar-refractivity contribution in [3.05, 3.63) is 94.8 Å². The average molecular weight is 420 g/mol. The van der Waals surface area contributed by atoms with E-state index in [9.17, 15) is 4.79 Å². The molecule has 4 nitrogen and oxygen atoms in total. The van der Waals surface area contributed by atoms with Crippen molar-refractivity contribution in [3.8, 4) is 0 Å². The normalized spacial score (nSPS) is 15.1. The molecule has 2 aromatic carbocycles. The minimum atomic E-state index is 0.0593. The van der Waals surface area contributed by atoms with Gasteiger partial charge in [0.2, 0.25) is 5.91 Å². The summed E-state index contributed by atoms with van der Waals surface area (Å²) in [5.74, 6) is 0.179. The highest BCUT2D eigenvalue weighted by Gasteiger charge is 2.25. The maximum absolute atomic E-state index is 12.7. The monoisotopic (exact) mass is 419 g/mol. The number of aromatic nitrogens is 1. The Morgan fingerprint density at radius 3 is 2.33 bits per heavy atom. The van der Waals surface area contributed by atoms with Gasteiger partial charge in [0.15, 0.2) is 0 Å². The van der Waals surface area contributed by atoms with Crippen LogP contribution in [0.15, 0.2) is 73.1 Å². The molecule has 1 N–H and O–H groups in total. The molecule has 0 radical (unpaired) electrons. The van der Waals surface area contributed by atoms with Crippen LogP contribution in [-0.2, 0) is 17.8 Å². The third-order valence-electron chi connectivity index (χ3n) is 5.69. The van der Waals surface area contributed by atoms with E-state index in [1.807, 2.05) is 54.9 Å². The lowest BCUT2D eigenvalue weighted by molar-refractivity contribution is -0.121. The highest BCUT2D eigenvalue weighted by Crippen LogP contribution is 2.23. The second-order valence-electron chi connectivity index (χ2n) is 7.86. The van der Waals surface area contributed by atoms with E-state index in [4.69, 9.17) is 11.6 Å². The van der Waals surface area contributed by atoms with Crippen LogP contribution in [-0.4, -0.2) is 28.9 Å². The van der Waals surface area contributed by atoms with Crippen LogP contribution in [0.5, 0.6) is 0 Å². The molecule has 1 saturated heterocycles. The van der Waals surface area contributed by atoms with E-state index in [0.29, 0.717) is 0 Å². The van der Waals surface area contributed by atoms with Crippen LogP contribution >= 0.6 is 11.6 Å². The van der Waals surface area contributed by atoms with Crippen molar-refractivity contribution in [2.45, 2.75) is 25.8 Å². The van der Waals surface area contributed by atoms with E-state index < -0.39 is 0 Å². The van der Waals surface area contributed by atoms with Crippen LogP contribution in [0.2, 0.25) is 5.02 Å². The van der Waals surface area contributed by atoms with Gasteiger partial charge in [-0.2, -0.15) is 0 Å². The molecule has 0 saturated carbocycles. The Hall–Kier alpha value is -2.69. The molecule has 5 heteroatoms. The number of amides is 1. The summed E-state index contributed by atoms with van der Waals surface area (Å²) in [6.07, 6.45) is 6.22. The quantitative estimate of drug-likeness (QED) is 0.599. The van der Waals surface area contributed by atoms with Gasteiger partial charge in [0.1, 0.15) is 0 Å². The second-order valence-corrected chi connectivity index (χ2v) is 8.27. The number of hydrogen-bond donors (Lipinski definition) is 1. The fourth-order valence-electron chi connectivity index (χ4n) is 3.91. The second kappa shape index (κ2) is 9.88. The molecule has 0 bridgehead atoms. The van der Waals surface area contributed by atoms with Crippen LogP contribution < -0.4 is 5.32 Å². The number of anilines is 1. The molecule has 1 aliphatic heterocycles. The summed E-state index contributed by atoms with van der Waals surface area (Å²) < 4.78 is 0. The number of nitrogens with one attached hydrogen (secondary N) is 1. The number of halogens is 1. The van der Waals surface area contributed by atoms with Crippen molar-refractivity contribution < 1.29 is 4.79 Å². The lowest BCUT2D eigenvalue weighted by Gasteiger charge is -2.31. The van der Waals surface area contributed by atoms with Gasteiger partial charge >= 0.3 is 0 Å². The number of benzene rings is 2. The fraction of sp³-hybridized carbons (Fsp3) is 0.280. The van der Waals surface area contributed by atoms with E-state index in [1.165, 1.54) is 11.1 Å². The molecule has 1 aliphatic rings. The van der Waals surface area contributed by atoms with Crippen molar-refractivity contribution in [2.75, 3.05) is 18.4 Å². The van der Waals surface area contributed by atoms with Gasteiger partial charge in [-0.25, -0.2) is 0 Å². The number of rotatable bonds is 6. The Kier molecular flexibility index (Phi) is 6.77. The molecule has 1 aromatic heterocycles. The summed E-state index contributed by atoms with van der Waals surface area (Å²) in [5.41, 5.74) is 4.45. The molecule has 0 spiro atoms. The first-order valence-electron chi connectivity index (χ1n) is 10.4. The summed E-state index contributed by atoms with van der Waals surface area (Å²) in [7, 11) is 0. The molecular weight excluding hydrogens is 394 g/mol. The lowest BCUT2D eigenvalue weighted by Crippen LogP contribution is -2.37. The topological polar surface area (TPSA) is 45.2 Å². The fourth-order valence-corrected chi connectivity index (χ4v) is 4.10. The standard InChI is InChI=1S/C25H26ClN3O/c26-24-4-2-1-3-22(24)18-29-15-11-21(12-16-29)25(30)28-23-7-5-19(6-8-23)17-20-9-13-27-14-10-20/h1-10,13-14,21H,11-12,15-18H2,(H,28,30). The maximum atomic E-state index is 12.7. The van der Waals surface area contributed by atoms with Gasteiger partial charge < -0.3 is 5.32 Å². The minimum Gasteiger partial charge on any atom is -0.326 e. The van der Waals surface area contributed by atoms with E-state index in [-0.39, 0.29) is 11.8 Å². The Balaban J connectivity index is 1.26. The first kappa shape index (κ1) is 20.6. The number of carbonyl (C=O) groups excluding carboxylic acids is 1. The largest absolute Gasteiger partial charge is 0.326 e. The highest BCUT2D eigenvalue weighted by atomic mass is 35.5. The first-order chi connectivity index (χ1) is 14.7. The first-order valence-corrected chi connectivity index (χ1v) is 10.8. The number of carbonyl (C=O) groups is 1. The smallest absolute Gasteiger partial charge is 0.227 e. The van der Waals surface area contributed by atoms with Crippen LogP contribution in [0.3, 0.4) is 0 Å². The number of piperidine rings is 1. The molecule has 3 aromatic rings. The van der Waals surface area contributed by atoms with Crippen LogP contribution in [0, 0.1) is 5.92 Å². The number of pyridine rings is 1. The Bertz CT molecular complexity index is 967. The average Bonchev–Trinajstić information content (AvgIpc) is 2.78. The SMILES string of the molecule is O=C(Nc1ccc(Cc2ccncc2)cc1)C1CCN(Cc2ccccc2Cl)CC1. The van der Waals surface area contributed by atoms with Gasteiger partial charge in [0.25, 0.3) is 0 Å². The van der Waals surface area contributed by atoms with Gasteiger partial charge in [0.05, 0.1) is 0 Å². The van der Waals surface area contributed by atoms with E-state index in [0.717, 1.165) is 55.2 Å². The molecule has 4 rings (SSSR count). The van der Waals surface area contributed by atoms with E-state index in [2.05, 4.69) is 33.4 Å². The maximum Gasteiger partial charge on any atom is 0.227 e. The summed E-state index contributed by atoms with van der Waals surface area (Å²) in [6.45, 7) is 2.66. The van der Waals surface area contributed by atoms with Gasteiger partial charge in [-0.15, -0.1) is 0 Å². The number of likely N-dealkylation sites (tertiary alicyclic amines) is 1. The molecule has 1 fully saturated rings. The van der Waals surface area contributed by atoms with Gasteiger partial charge in [-0.05, 0) is 79.4 Å².